The van der Waals surface area contributed by atoms with E-state index >= 15 is 0 Å². The first-order valence-electron chi connectivity index (χ1n) is 8.58. The van der Waals surface area contributed by atoms with Gasteiger partial charge in [0.1, 0.15) is 0 Å². The monoisotopic (exact) mass is 362 g/mol. The molecular weight excluding hydrogens is 339 g/mol. The van der Waals surface area contributed by atoms with E-state index in [0.29, 0.717) is 12.2 Å². The van der Waals surface area contributed by atoms with Crippen LogP contribution in [0.15, 0.2) is 18.2 Å². The molecule has 0 aliphatic carbocycles. The highest BCUT2D eigenvalue weighted by atomic mass is 19.1. The first kappa shape index (κ1) is 18.4. The fourth-order valence-electron chi connectivity index (χ4n) is 3.56. The van der Waals surface area contributed by atoms with E-state index in [9.17, 15) is 14.0 Å². The molecule has 1 fully saturated rings. The third-order valence-corrected chi connectivity index (χ3v) is 5.29. The number of ether oxygens (including phenoxy) is 1. The number of carbonyl (C=O) groups is 2. The number of rotatable bonds is 5. The van der Waals surface area contributed by atoms with Crippen molar-refractivity contribution in [2.24, 2.45) is 0 Å². The fraction of sp³-hybridized carbons (Fsp3) is 0.474. The van der Waals surface area contributed by atoms with Gasteiger partial charge >= 0.3 is 5.97 Å². The summed E-state index contributed by atoms with van der Waals surface area (Å²) in [7, 11) is 1.66. The molecule has 1 unspecified atom stereocenters. The minimum absolute atomic E-state index is 0.104. The van der Waals surface area contributed by atoms with Crippen LogP contribution in [0.25, 0.3) is 10.9 Å². The minimum atomic E-state index is -2.35. The van der Waals surface area contributed by atoms with Crippen LogP contribution in [-0.4, -0.2) is 58.9 Å². The molecule has 140 valence electrons. The molecule has 1 aromatic carbocycles. The number of carbonyl (C=O) groups excluding carboxylic acids is 1. The van der Waals surface area contributed by atoms with Crippen molar-refractivity contribution in [2.45, 2.75) is 32.5 Å². The number of likely N-dealkylation sites (tertiary alicyclic amines) is 1. The van der Waals surface area contributed by atoms with Gasteiger partial charge in [0.15, 0.2) is 0 Å². The number of aliphatic carboxylic acids is 1. The average Bonchev–Trinajstić information content (AvgIpc) is 3.13. The summed E-state index contributed by atoms with van der Waals surface area (Å²) < 4.78 is 21.6. The highest BCUT2D eigenvalue weighted by Gasteiger charge is 2.47. The summed E-state index contributed by atoms with van der Waals surface area (Å²) in [6.45, 7) is 5.03. The van der Waals surface area contributed by atoms with E-state index < -0.39 is 18.2 Å². The number of amides is 1. The summed E-state index contributed by atoms with van der Waals surface area (Å²) in [5.41, 5.74) is 1.30. The third-order valence-electron chi connectivity index (χ3n) is 5.29. The van der Waals surface area contributed by atoms with Gasteiger partial charge in [-0.1, -0.05) is 0 Å². The van der Waals surface area contributed by atoms with Gasteiger partial charge in [-0.2, -0.15) is 0 Å². The first-order chi connectivity index (χ1) is 12.3. The number of nitrogens with zero attached hydrogens (tertiary/aromatic N) is 2. The van der Waals surface area contributed by atoms with Crippen molar-refractivity contribution in [2.75, 3.05) is 26.8 Å². The van der Waals surface area contributed by atoms with E-state index in [0.717, 1.165) is 28.7 Å². The van der Waals surface area contributed by atoms with Crippen molar-refractivity contribution in [3.05, 3.63) is 35.0 Å². The molecule has 7 heteroatoms. The van der Waals surface area contributed by atoms with E-state index in [2.05, 4.69) is 4.57 Å². The Morgan fingerprint density at radius 2 is 2.08 bits per heavy atom. The van der Waals surface area contributed by atoms with E-state index in [1.807, 2.05) is 26.0 Å². The Bertz CT molecular complexity index is 876. The largest absolute Gasteiger partial charge is 0.479 e. The Morgan fingerprint density at radius 3 is 2.69 bits per heavy atom. The normalized spacial score (nSPS) is 20.1. The third kappa shape index (κ3) is 2.96. The molecule has 1 atom stereocenters. The van der Waals surface area contributed by atoms with Crippen molar-refractivity contribution in [1.29, 1.82) is 0 Å². The van der Waals surface area contributed by atoms with Gasteiger partial charge in [-0.05, 0) is 37.6 Å². The molecular formula is C19H23FN2O4. The number of alkyl halides is 1. The van der Waals surface area contributed by atoms with Crippen LogP contribution < -0.4 is 0 Å². The molecule has 0 radical (unpaired) electrons. The number of aryl methyl sites for hydroxylation is 1. The molecule has 1 aliphatic heterocycles. The van der Waals surface area contributed by atoms with Crippen LogP contribution in [0.2, 0.25) is 0 Å². The lowest BCUT2D eigenvalue weighted by Gasteiger charge is -2.18. The van der Waals surface area contributed by atoms with Gasteiger partial charge < -0.3 is 19.3 Å². The van der Waals surface area contributed by atoms with Crippen molar-refractivity contribution in [1.82, 2.24) is 9.47 Å². The lowest BCUT2D eigenvalue weighted by Crippen LogP contribution is -2.38. The second kappa shape index (κ2) is 6.72. The van der Waals surface area contributed by atoms with Crippen LogP contribution in [-0.2, 0) is 16.1 Å². The van der Waals surface area contributed by atoms with Crippen molar-refractivity contribution >= 4 is 22.8 Å². The van der Waals surface area contributed by atoms with E-state index in [1.54, 1.807) is 13.2 Å². The number of halogens is 1. The maximum Gasteiger partial charge on any atom is 0.343 e. The Kier molecular flexibility index (Phi) is 4.75. The number of fused-ring (bicyclic) bond motifs is 1. The van der Waals surface area contributed by atoms with Gasteiger partial charge in [0.05, 0.1) is 13.2 Å². The molecule has 1 aliphatic rings. The molecule has 1 aromatic heterocycles. The summed E-state index contributed by atoms with van der Waals surface area (Å²) in [5.74, 6) is -1.85. The van der Waals surface area contributed by atoms with E-state index in [-0.39, 0.29) is 18.9 Å². The number of carboxylic acid groups (broad SMARTS) is 1. The topological polar surface area (TPSA) is 71.8 Å². The number of hydrogen-bond donors (Lipinski definition) is 1. The second-order valence-corrected chi connectivity index (χ2v) is 6.83. The Labute approximate surface area is 151 Å². The molecule has 1 saturated heterocycles. The Balaban J connectivity index is 1.91. The van der Waals surface area contributed by atoms with Crippen LogP contribution in [0.5, 0.6) is 0 Å². The predicted octanol–water partition coefficient (Wildman–Crippen LogP) is 2.54. The summed E-state index contributed by atoms with van der Waals surface area (Å²) in [5, 5.41) is 9.96. The summed E-state index contributed by atoms with van der Waals surface area (Å²) >= 11 is 0. The molecule has 1 N–H and O–H groups in total. The smallest absolute Gasteiger partial charge is 0.343 e. The maximum absolute atomic E-state index is 14.2. The van der Waals surface area contributed by atoms with Crippen LogP contribution in [0.4, 0.5) is 4.39 Å². The fourth-order valence-corrected chi connectivity index (χ4v) is 3.56. The molecule has 2 aromatic rings. The van der Waals surface area contributed by atoms with Crippen LogP contribution in [0.3, 0.4) is 0 Å². The SMILES string of the molecule is COCCn1c(C)c(C)c2cc(C(=O)N3CCC(F)(C(=O)O)C3)ccc21. The highest BCUT2D eigenvalue weighted by molar-refractivity contribution is 6.00. The van der Waals surface area contributed by atoms with Gasteiger partial charge in [-0.25, -0.2) is 9.18 Å². The minimum Gasteiger partial charge on any atom is -0.479 e. The molecule has 3 rings (SSSR count). The number of benzene rings is 1. The zero-order valence-electron chi connectivity index (χ0n) is 15.2. The zero-order chi connectivity index (χ0) is 19.1. The van der Waals surface area contributed by atoms with Gasteiger partial charge in [-0.3, -0.25) is 4.79 Å². The summed E-state index contributed by atoms with van der Waals surface area (Å²) in [6, 6.07) is 5.41. The van der Waals surface area contributed by atoms with Crippen LogP contribution in [0.1, 0.15) is 28.0 Å². The molecule has 26 heavy (non-hydrogen) atoms. The Hall–Kier alpha value is -2.41. The number of aromatic nitrogens is 1. The van der Waals surface area contributed by atoms with Gasteiger partial charge in [-0.15, -0.1) is 0 Å². The molecule has 6 nitrogen and oxygen atoms in total. The quantitative estimate of drug-likeness (QED) is 0.887. The lowest BCUT2D eigenvalue weighted by atomic mass is 10.1. The van der Waals surface area contributed by atoms with Crippen molar-refractivity contribution in [3.63, 3.8) is 0 Å². The lowest BCUT2D eigenvalue weighted by molar-refractivity contribution is -0.149. The molecule has 0 bridgehead atoms. The van der Waals surface area contributed by atoms with Gasteiger partial charge in [0.2, 0.25) is 5.67 Å². The van der Waals surface area contributed by atoms with Crippen molar-refractivity contribution in [3.8, 4) is 0 Å². The van der Waals surface area contributed by atoms with Crippen LogP contribution >= 0.6 is 0 Å². The molecule has 0 spiro atoms. The number of methoxy groups -OCH3 is 1. The standard InChI is InChI=1S/C19H23FN2O4/c1-12-13(2)22(8-9-26-3)16-5-4-14(10-15(12)16)17(23)21-7-6-19(20,11-21)18(24)25/h4-5,10H,6-9,11H2,1-3H3,(H,24,25). The van der Waals surface area contributed by atoms with Gasteiger partial charge in [0.25, 0.3) is 5.91 Å². The zero-order valence-corrected chi connectivity index (χ0v) is 15.2. The first-order valence-corrected chi connectivity index (χ1v) is 8.58. The number of hydrogen-bond acceptors (Lipinski definition) is 3. The predicted molar refractivity (Wildman–Crippen MR) is 95.3 cm³/mol. The summed E-state index contributed by atoms with van der Waals surface area (Å²) in [6.07, 6.45) is -0.179. The maximum atomic E-state index is 14.2. The van der Waals surface area contributed by atoms with Gasteiger partial charge in [0, 0.05) is 48.8 Å². The molecule has 1 amide bonds. The average molecular weight is 362 g/mol. The van der Waals surface area contributed by atoms with E-state index in [1.165, 1.54) is 4.90 Å². The van der Waals surface area contributed by atoms with E-state index in [4.69, 9.17) is 9.84 Å². The summed E-state index contributed by atoms with van der Waals surface area (Å²) in [4.78, 5) is 25.0. The molecule has 0 saturated carbocycles. The molecule has 2 heterocycles. The van der Waals surface area contributed by atoms with Crippen molar-refractivity contribution < 1.29 is 23.8 Å². The van der Waals surface area contributed by atoms with Crippen LogP contribution in [0, 0.1) is 13.8 Å². The Morgan fingerprint density at radius 1 is 1.35 bits per heavy atom. The second-order valence-electron chi connectivity index (χ2n) is 6.83. The highest BCUT2D eigenvalue weighted by Crippen LogP contribution is 2.30. The number of carboxylic acids is 1.